The fourth-order valence-corrected chi connectivity index (χ4v) is 4.86. The van der Waals surface area contributed by atoms with Crippen LogP contribution in [0.5, 0.6) is 5.75 Å². The van der Waals surface area contributed by atoms with Crippen LogP contribution < -0.4 is 15.4 Å². The van der Waals surface area contributed by atoms with Crippen LogP contribution >= 0.6 is 11.6 Å². The van der Waals surface area contributed by atoms with Crippen LogP contribution in [0.15, 0.2) is 42.5 Å². The Morgan fingerprint density at radius 2 is 1.83 bits per heavy atom. The number of nitrogens with one attached hydrogen (secondary N) is 2. The monoisotopic (exact) mass is 516 g/mol. The summed E-state index contributed by atoms with van der Waals surface area (Å²) in [5.74, 6) is 0.0256. The Balaban J connectivity index is 1.50. The van der Waals surface area contributed by atoms with Crippen molar-refractivity contribution in [3.05, 3.63) is 58.9 Å². The number of carbonyl (C=O) groups is 2. The normalized spacial score (nSPS) is 21.2. The smallest absolute Gasteiger partial charge is 0.321 e. The molecule has 3 atom stereocenters. The summed E-state index contributed by atoms with van der Waals surface area (Å²) in [6.07, 6.45) is 4.59. The molecule has 10 heteroatoms. The first kappa shape index (κ1) is 25.8. The third-order valence-corrected chi connectivity index (χ3v) is 6.66. The number of methoxy groups -OCH3 is 1. The molecular weight excluding hydrogens is 487 g/mol. The SMILES string of the molecule is COc1cc(/C=C/C(=O)N2[C@@H]3COC[C@H]2C[C@@H](Nc2ccc(F)cc2)C3)c(NC(=O)N(C)C)cc1Cl. The first-order chi connectivity index (χ1) is 17.2. The summed E-state index contributed by atoms with van der Waals surface area (Å²) in [5.41, 5.74) is 1.91. The van der Waals surface area contributed by atoms with Crippen LogP contribution in [0, 0.1) is 5.82 Å². The predicted octanol–water partition coefficient (Wildman–Crippen LogP) is 4.46. The van der Waals surface area contributed by atoms with E-state index < -0.39 is 0 Å². The summed E-state index contributed by atoms with van der Waals surface area (Å²) in [5, 5.41) is 6.60. The Bertz CT molecular complexity index is 1130. The molecule has 0 aliphatic carbocycles. The van der Waals surface area contributed by atoms with Crippen LogP contribution in [0.2, 0.25) is 5.02 Å². The van der Waals surface area contributed by atoms with Gasteiger partial charge in [0.25, 0.3) is 0 Å². The minimum Gasteiger partial charge on any atom is -0.495 e. The zero-order valence-electron chi connectivity index (χ0n) is 20.5. The van der Waals surface area contributed by atoms with E-state index in [0.717, 1.165) is 5.69 Å². The average molecular weight is 517 g/mol. The third kappa shape index (κ3) is 5.91. The van der Waals surface area contributed by atoms with Gasteiger partial charge >= 0.3 is 6.03 Å². The highest BCUT2D eigenvalue weighted by molar-refractivity contribution is 6.32. The number of amides is 3. The molecule has 2 N–H and O–H groups in total. The molecule has 3 amide bonds. The van der Waals surface area contributed by atoms with Crippen molar-refractivity contribution in [2.75, 3.05) is 45.1 Å². The second kappa shape index (κ2) is 11.2. The number of anilines is 2. The zero-order chi connectivity index (χ0) is 25.8. The van der Waals surface area contributed by atoms with E-state index in [1.165, 1.54) is 30.2 Å². The zero-order valence-corrected chi connectivity index (χ0v) is 21.2. The van der Waals surface area contributed by atoms with Gasteiger partial charge in [-0.2, -0.15) is 0 Å². The van der Waals surface area contributed by atoms with E-state index in [2.05, 4.69) is 10.6 Å². The predicted molar refractivity (Wildman–Crippen MR) is 138 cm³/mol. The molecule has 0 radical (unpaired) electrons. The summed E-state index contributed by atoms with van der Waals surface area (Å²) < 4.78 is 24.3. The molecule has 2 aliphatic heterocycles. The van der Waals surface area contributed by atoms with E-state index in [4.69, 9.17) is 21.1 Å². The Kier molecular flexibility index (Phi) is 8.01. The second-order valence-corrected chi connectivity index (χ2v) is 9.55. The first-order valence-corrected chi connectivity index (χ1v) is 12.1. The Morgan fingerprint density at radius 1 is 1.17 bits per heavy atom. The number of ether oxygens (including phenoxy) is 2. The van der Waals surface area contributed by atoms with Gasteiger partial charge in [-0.15, -0.1) is 0 Å². The van der Waals surface area contributed by atoms with Crippen LogP contribution in [0.1, 0.15) is 18.4 Å². The molecule has 2 aliphatic rings. The molecule has 0 unspecified atom stereocenters. The van der Waals surface area contributed by atoms with Crippen LogP contribution in [0.25, 0.3) is 6.08 Å². The number of piperidine rings is 1. The molecule has 2 aromatic carbocycles. The lowest BCUT2D eigenvalue weighted by molar-refractivity contribution is -0.145. The number of hydrogen-bond donors (Lipinski definition) is 2. The fourth-order valence-electron chi connectivity index (χ4n) is 4.62. The number of hydrogen-bond acceptors (Lipinski definition) is 5. The maximum Gasteiger partial charge on any atom is 0.321 e. The number of carbonyl (C=O) groups excluding carboxylic acids is 2. The quantitative estimate of drug-likeness (QED) is 0.554. The van der Waals surface area contributed by atoms with Crippen molar-refractivity contribution in [1.82, 2.24) is 9.80 Å². The molecule has 2 fully saturated rings. The topological polar surface area (TPSA) is 83.1 Å². The van der Waals surface area contributed by atoms with Gasteiger partial charge in [0.15, 0.2) is 0 Å². The molecular formula is C26H30ClFN4O4. The van der Waals surface area contributed by atoms with E-state index >= 15 is 0 Å². The van der Waals surface area contributed by atoms with Crippen molar-refractivity contribution in [2.24, 2.45) is 0 Å². The van der Waals surface area contributed by atoms with Crippen molar-refractivity contribution < 1.29 is 23.5 Å². The molecule has 0 aromatic heterocycles. The molecule has 4 rings (SSSR count). The molecule has 0 saturated carbocycles. The van der Waals surface area contributed by atoms with Gasteiger partial charge in [-0.3, -0.25) is 4.79 Å². The van der Waals surface area contributed by atoms with Gasteiger partial charge in [0.05, 0.1) is 43.1 Å². The van der Waals surface area contributed by atoms with Gasteiger partial charge in [0.2, 0.25) is 5.91 Å². The van der Waals surface area contributed by atoms with E-state index in [9.17, 15) is 14.0 Å². The Hall–Kier alpha value is -3.30. The summed E-state index contributed by atoms with van der Waals surface area (Å²) in [6.45, 7) is 0.910. The van der Waals surface area contributed by atoms with Crippen LogP contribution in [0.4, 0.5) is 20.6 Å². The van der Waals surface area contributed by atoms with Gasteiger partial charge in [0.1, 0.15) is 11.6 Å². The molecule has 0 spiro atoms. The molecule has 192 valence electrons. The standard InChI is InChI=1S/C26H30ClFN4O4/c1-31(2)26(34)30-23-13-22(27)24(35-3)10-16(23)4-9-25(33)32-20-11-19(12-21(32)15-36-14-20)29-18-7-5-17(28)6-8-18/h4-10,13,19-21,29H,11-12,14-15H2,1-3H3,(H,30,34)/b9-4+/t19-,20-,21+. The Labute approximate surface area is 215 Å². The molecule has 36 heavy (non-hydrogen) atoms. The largest absolute Gasteiger partial charge is 0.495 e. The summed E-state index contributed by atoms with van der Waals surface area (Å²) >= 11 is 6.27. The summed E-state index contributed by atoms with van der Waals surface area (Å²) in [6, 6.07) is 9.23. The fraction of sp³-hybridized carbons (Fsp3) is 0.385. The number of morpholine rings is 1. The van der Waals surface area contributed by atoms with E-state index in [0.29, 0.717) is 48.1 Å². The minimum absolute atomic E-state index is 0.0831. The summed E-state index contributed by atoms with van der Waals surface area (Å²) in [7, 11) is 4.77. The van der Waals surface area contributed by atoms with Crippen molar-refractivity contribution in [2.45, 2.75) is 31.0 Å². The lowest BCUT2D eigenvalue weighted by atomic mass is 9.89. The van der Waals surface area contributed by atoms with Crippen LogP contribution in [-0.2, 0) is 9.53 Å². The van der Waals surface area contributed by atoms with Crippen LogP contribution in [0.3, 0.4) is 0 Å². The van der Waals surface area contributed by atoms with Crippen molar-refractivity contribution in [3.63, 3.8) is 0 Å². The van der Waals surface area contributed by atoms with E-state index in [-0.39, 0.29) is 35.9 Å². The molecule has 2 saturated heterocycles. The third-order valence-electron chi connectivity index (χ3n) is 6.37. The van der Waals surface area contributed by atoms with Gasteiger partial charge in [-0.1, -0.05) is 11.6 Å². The number of benzene rings is 2. The number of rotatable bonds is 6. The van der Waals surface area contributed by atoms with Crippen molar-refractivity contribution in [1.29, 1.82) is 0 Å². The highest BCUT2D eigenvalue weighted by atomic mass is 35.5. The highest BCUT2D eigenvalue weighted by Crippen LogP contribution is 2.33. The average Bonchev–Trinajstić information content (AvgIpc) is 2.84. The number of fused-ring (bicyclic) bond motifs is 2. The van der Waals surface area contributed by atoms with Crippen molar-refractivity contribution in [3.8, 4) is 5.75 Å². The maximum absolute atomic E-state index is 13.3. The lowest BCUT2D eigenvalue weighted by Gasteiger charge is -2.48. The second-order valence-electron chi connectivity index (χ2n) is 9.14. The van der Waals surface area contributed by atoms with E-state index in [1.807, 2.05) is 4.90 Å². The molecule has 2 bridgehead atoms. The minimum atomic E-state index is -0.320. The van der Waals surface area contributed by atoms with Gasteiger partial charge in [-0.05, 0) is 55.3 Å². The summed E-state index contributed by atoms with van der Waals surface area (Å²) in [4.78, 5) is 28.8. The van der Waals surface area contributed by atoms with E-state index in [1.54, 1.807) is 44.4 Å². The maximum atomic E-state index is 13.3. The van der Waals surface area contributed by atoms with Gasteiger partial charge in [-0.25, -0.2) is 9.18 Å². The van der Waals surface area contributed by atoms with Crippen molar-refractivity contribution >= 4 is 41.0 Å². The van der Waals surface area contributed by atoms with Crippen LogP contribution in [-0.4, -0.2) is 74.3 Å². The molecule has 2 heterocycles. The first-order valence-electron chi connectivity index (χ1n) is 11.7. The Morgan fingerprint density at radius 3 is 2.44 bits per heavy atom. The molecule has 8 nitrogen and oxygen atoms in total. The number of urea groups is 1. The van der Waals surface area contributed by atoms with Gasteiger partial charge < -0.3 is 29.9 Å². The lowest BCUT2D eigenvalue weighted by Crippen LogP contribution is -2.60. The van der Waals surface area contributed by atoms with Gasteiger partial charge in [0, 0.05) is 37.5 Å². The highest BCUT2D eigenvalue weighted by Gasteiger charge is 2.41. The molecule has 2 aromatic rings. The number of nitrogens with zero attached hydrogens (tertiary/aromatic N) is 2. The number of halogens is 2.